The topological polar surface area (TPSA) is 58.6 Å². The summed E-state index contributed by atoms with van der Waals surface area (Å²) in [5, 5.41) is 12.6. The Hall–Kier alpha value is -1.43. The van der Waals surface area contributed by atoms with E-state index in [0.29, 0.717) is 18.6 Å². The molecule has 0 aliphatic carbocycles. The van der Waals surface area contributed by atoms with Gasteiger partial charge in [-0.3, -0.25) is 4.79 Å². The minimum absolute atomic E-state index is 0.00461. The maximum Gasteiger partial charge on any atom is 0.244 e. The SMILES string of the molecule is O=C(/C=C/c1ccc(F)c(Cl)c1)NCC1(O)CCOC1. The van der Waals surface area contributed by atoms with Crippen LogP contribution in [0.2, 0.25) is 5.02 Å². The Bertz CT molecular complexity index is 527. The lowest BCUT2D eigenvalue weighted by Crippen LogP contribution is -2.42. The fourth-order valence-electron chi connectivity index (χ4n) is 1.83. The summed E-state index contributed by atoms with van der Waals surface area (Å²) in [6.45, 7) is 0.862. The van der Waals surface area contributed by atoms with Gasteiger partial charge >= 0.3 is 0 Å². The van der Waals surface area contributed by atoms with Crippen LogP contribution in [0.4, 0.5) is 4.39 Å². The maximum atomic E-state index is 13.0. The zero-order valence-electron chi connectivity index (χ0n) is 10.7. The van der Waals surface area contributed by atoms with Crippen molar-refractivity contribution in [2.45, 2.75) is 12.0 Å². The van der Waals surface area contributed by atoms with Gasteiger partial charge in [-0.15, -0.1) is 0 Å². The third kappa shape index (κ3) is 4.03. The van der Waals surface area contributed by atoms with Crippen LogP contribution in [0.5, 0.6) is 0 Å². The van der Waals surface area contributed by atoms with E-state index in [9.17, 15) is 14.3 Å². The monoisotopic (exact) mass is 299 g/mol. The highest BCUT2D eigenvalue weighted by molar-refractivity contribution is 6.30. The lowest BCUT2D eigenvalue weighted by atomic mass is 10.0. The minimum Gasteiger partial charge on any atom is -0.386 e. The van der Waals surface area contributed by atoms with Gasteiger partial charge < -0.3 is 15.2 Å². The van der Waals surface area contributed by atoms with Crippen molar-refractivity contribution in [2.75, 3.05) is 19.8 Å². The largest absolute Gasteiger partial charge is 0.386 e. The summed E-state index contributed by atoms with van der Waals surface area (Å²) in [5.74, 6) is -0.845. The van der Waals surface area contributed by atoms with Crippen molar-refractivity contribution in [1.82, 2.24) is 5.32 Å². The van der Waals surface area contributed by atoms with E-state index in [1.54, 1.807) is 0 Å². The molecule has 1 heterocycles. The molecule has 108 valence electrons. The van der Waals surface area contributed by atoms with Crippen LogP contribution < -0.4 is 5.32 Å². The molecule has 1 aliphatic rings. The minimum atomic E-state index is -0.983. The van der Waals surface area contributed by atoms with E-state index in [2.05, 4.69) is 5.32 Å². The summed E-state index contributed by atoms with van der Waals surface area (Å²) in [6.07, 6.45) is 3.34. The summed E-state index contributed by atoms with van der Waals surface area (Å²) in [6, 6.07) is 4.18. The zero-order chi connectivity index (χ0) is 14.6. The predicted octanol–water partition coefficient (Wildman–Crippen LogP) is 1.76. The molecule has 0 radical (unpaired) electrons. The Morgan fingerprint density at radius 3 is 3.05 bits per heavy atom. The second-order valence-corrected chi connectivity index (χ2v) is 5.16. The maximum absolute atomic E-state index is 13.0. The van der Waals surface area contributed by atoms with Gasteiger partial charge in [-0.25, -0.2) is 4.39 Å². The van der Waals surface area contributed by atoms with Crippen LogP contribution in [0.15, 0.2) is 24.3 Å². The molecular formula is C14H15ClFNO3. The van der Waals surface area contributed by atoms with E-state index in [4.69, 9.17) is 16.3 Å². The molecule has 1 fully saturated rings. The number of hydrogen-bond donors (Lipinski definition) is 2. The van der Waals surface area contributed by atoms with Gasteiger partial charge in [0.25, 0.3) is 0 Å². The standard InChI is InChI=1S/C14H15ClFNO3/c15-11-7-10(1-3-12(11)16)2-4-13(18)17-8-14(19)5-6-20-9-14/h1-4,7,19H,5-6,8-9H2,(H,17,18)/b4-2+. The molecule has 1 unspecified atom stereocenters. The third-order valence-electron chi connectivity index (χ3n) is 3.04. The molecule has 1 aliphatic heterocycles. The third-order valence-corrected chi connectivity index (χ3v) is 3.33. The Kier molecular flexibility index (Phi) is 4.75. The Labute approximate surface area is 121 Å². The molecule has 2 rings (SSSR count). The molecule has 6 heteroatoms. The fourth-order valence-corrected chi connectivity index (χ4v) is 2.02. The number of carbonyl (C=O) groups excluding carboxylic acids is 1. The summed E-state index contributed by atoms with van der Waals surface area (Å²) in [4.78, 5) is 11.6. The molecule has 0 spiro atoms. The molecule has 1 amide bonds. The van der Waals surface area contributed by atoms with Crippen LogP contribution in [0.25, 0.3) is 6.08 Å². The number of hydrogen-bond acceptors (Lipinski definition) is 3. The van der Waals surface area contributed by atoms with E-state index in [1.165, 1.54) is 30.4 Å². The average molecular weight is 300 g/mol. The molecular weight excluding hydrogens is 285 g/mol. The molecule has 0 aromatic heterocycles. The van der Waals surface area contributed by atoms with Crippen molar-refractivity contribution >= 4 is 23.6 Å². The van der Waals surface area contributed by atoms with Gasteiger partial charge in [0, 0.05) is 25.6 Å². The molecule has 0 saturated carbocycles. The summed E-state index contributed by atoms with van der Waals surface area (Å²) < 4.78 is 18.0. The lowest BCUT2D eigenvalue weighted by Gasteiger charge is -2.19. The van der Waals surface area contributed by atoms with Gasteiger partial charge in [0.15, 0.2) is 0 Å². The van der Waals surface area contributed by atoms with Gasteiger partial charge in [0.1, 0.15) is 11.4 Å². The number of rotatable bonds is 4. The van der Waals surface area contributed by atoms with E-state index in [0.717, 1.165) is 0 Å². The molecule has 20 heavy (non-hydrogen) atoms. The van der Waals surface area contributed by atoms with E-state index in [-0.39, 0.29) is 24.1 Å². The van der Waals surface area contributed by atoms with Crippen LogP contribution in [-0.4, -0.2) is 36.4 Å². The quantitative estimate of drug-likeness (QED) is 0.833. The average Bonchev–Trinajstić information content (AvgIpc) is 2.85. The second kappa shape index (κ2) is 6.35. The first kappa shape index (κ1) is 15.0. The van der Waals surface area contributed by atoms with Gasteiger partial charge in [0.2, 0.25) is 5.91 Å². The smallest absolute Gasteiger partial charge is 0.244 e. The highest BCUT2D eigenvalue weighted by atomic mass is 35.5. The number of aliphatic hydroxyl groups is 1. The molecule has 1 aromatic rings. The fraction of sp³-hybridized carbons (Fsp3) is 0.357. The predicted molar refractivity (Wildman–Crippen MR) is 73.8 cm³/mol. The van der Waals surface area contributed by atoms with Gasteiger partial charge in [-0.05, 0) is 23.8 Å². The molecule has 0 bridgehead atoms. The molecule has 1 aromatic carbocycles. The highest BCUT2D eigenvalue weighted by Gasteiger charge is 2.32. The molecule has 4 nitrogen and oxygen atoms in total. The lowest BCUT2D eigenvalue weighted by molar-refractivity contribution is -0.117. The van der Waals surface area contributed by atoms with Crippen molar-refractivity contribution < 1.29 is 19.0 Å². The van der Waals surface area contributed by atoms with Crippen molar-refractivity contribution in [3.05, 3.63) is 40.7 Å². The Morgan fingerprint density at radius 2 is 2.40 bits per heavy atom. The van der Waals surface area contributed by atoms with Gasteiger partial charge in [-0.2, -0.15) is 0 Å². The van der Waals surface area contributed by atoms with E-state index in [1.807, 2.05) is 0 Å². The first-order valence-electron chi connectivity index (χ1n) is 6.20. The highest BCUT2D eigenvalue weighted by Crippen LogP contribution is 2.18. The Morgan fingerprint density at radius 1 is 1.60 bits per heavy atom. The number of carbonyl (C=O) groups is 1. The van der Waals surface area contributed by atoms with Crippen LogP contribution in [0.3, 0.4) is 0 Å². The van der Waals surface area contributed by atoms with Crippen molar-refractivity contribution in [2.24, 2.45) is 0 Å². The number of halogens is 2. The second-order valence-electron chi connectivity index (χ2n) is 4.75. The van der Waals surface area contributed by atoms with Crippen LogP contribution in [-0.2, 0) is 9.53 Å². The first-order valence-corrected chi connectivity index (χ1v) is 6.57. The zero-order valence-corrected chi connectivity index (χ0v) is 11.5. The number of benzene rings is 1. The van der Waals surface area contributed by atoms with E-state index < -0.39 is 11.4 Å². The molecule has 2 N–H and O–H groups in total. The number of nitrogens with one attached hydrogen (secondary N) is 1. The number of ether oxygens (including phenoxy) is 1. The van der Waals surface area contributed by atoms with E-state index >= 15 is 0 Å². The van der Waals surface area contributed by atoms with Gasteiger partial charge in [-0.1, -0.05) is 17.7 Å². The van der Waals surface area contributed by atoms with Crippen LogP contribution >= 0.6 is 11.6 Å². The van der Waals surface area contributed by atoms with Crippen molar-refractivity contribution in [3.8, 4) is 0 Å². The van der Waals surface area contributed by atoms with Crippen molar-refractivity contribution in [1.29, 1.82) is 0 Å². The molecule has 1 saturated heterocycles. The number of amides is 1. The summed E-state index contributed by atoms with van der Waals surface area (Å²) in [7, 11) is 0. The Balaban J connectivity index is 1.87. The van der Waals surface area contributed by atoms with Gasteiger partial charge in [0.05, 0.1) is 11.6 Å². The van der Waals surface area contributed by atoms with Crippen LogP contribution in [0.1, 0.15) is 12.0 Å². The summed E-state index contributed by atoms with van der Waals surface area (Å²) >= 11 is 5.64. The summed E-state index contributed by atoms with van der Waals surface area (Å²) in [5.41, 5.74) is -0.364. The first-order chi connectivity index (χ1) is 9.48. The molecule has 1 atom stereocenters. The van der Waals surface area contributed by atoms with Crippen LogP contribution in [0, 0.1) is 5.82 Å². The van der Waals surface area contributed by atoms with Crippen molar-refractivity contribution in [3.63, 3.8) is 0 Å². The normalized spacial score (nSPS) is 22.4.